The summed E-state index contributed by atoms with van der Waals surface area (Å²) in [4.78, 5) is 0. The maximum absolute atomic E-state index is 11.7. The molecule has 1 fully saturated rings. The van der Waals surface area contributed by atoms with Crippen molar-refractivity contribution < 1.29 is 17.9 Å². The van der Waals surface area contributed by atoms with Crippen LogP contribution in [0.4, 0.5) is 13.2 Å². The third-order valence-corrected chi connectivity index (χ3v) is 2.16. The number of nitrogens with two attached hydrogens (primary N) is 1. The molecule has 2 atom stereocenters. The topological polar surface area (TPSA) is 47.3 Å². The Kier molecular flexibility index (Phi) is 4.15. The van der Waals surface area contributed by atoms with Gasteiger partial charge >= 0.3 is 6.18 Å². The molecular weight excluding hydrogens is 197 g/mol. The molecule has 0 aromatic heterocycles. The van der Waals surface area contributed by atoms with E-state index in [1.807, 2.05) is 0 Å². The van der Waals surface area contributed by atoms with Gasteiger partial charge in [0.05, 0.1) is 18.8 Å². The van der Waals surface area contributed by atoms with Crippen LogP contribution in [0.5, 0.6) is 0 Å². The van der Waals surface area contributed by atoms with E-state index >= 15 is 0 Å². The zero-order chi connectivity index (χ0) is 10.6. The maximum atomic E-state index is 11.7. The van der Waals surface area contributed by atoms with E-state index in [-0.39, 0.29) is 18.8 Å². The molecule has 0 spiro atoms. The third-order valence-electron chi connectivity index (χ3n) is 2.16. The lowest BCUT2D eigenvalue weighted by molar-refractivity contribution is -0.125. The molecule has 1 aliphatic rings. The molecule has 84 valence electrons. The molecule has 0 bridgehead atoms. The summed E-state index contributed by atoms with van der Waals surface area (Å²) in [5.41, 5.74) is 5.37. The van der Waals surface area contributed by atoms with Gasteiger partial charge in [0.25, 0.3) is 0 Å². The van der Waals surface area contributed by atoms with E-state index in [0.29, 0.717) is 6.54 Å². The molecule has 6 heteroatoms. The van der Waals surface area contributed by atoms with Crippen molar-refractivity contribution in [3.8, 4) is 0 Å². The monoisotopic (exact) mass is 212 g/mol. The third kappa shape index (κ3) is 4.26. The number of halogens is 3. The summed E-state index contributed by atoms with van der Waals surface area (Å²) in [5, 5.41) is 2.32. The zero-order valence-electron chi connectivity index (χ0n) is 7.81. The molecule has 1 heterocycles. The van der Waals surface area contributed by atoms with E-state index in [1.54, 1.807) is 0 Å². The van der Waals surface area contributed by atoms with E-state index < -0.39 is 12.7 Å². The predicted molar refractivity (Wildman–Crippen MR) is 45.9 cm³/mol. The first-order valence-corrected chi connectivity index (χ1v) is 4.64. The number of nitrogens with one attached hydrogen (secondary N) is 1. The minimum atomic E-state index is -4.15. The quantitative estimate of drug-likeness (QED) is 0.719. The summed E-state index contributed by atoms with van der Waals surface area (Å²) in [6.07, 6.45) is -2.62. The van der Waals surface area contributed by atoms with Crippen LogP contribution in [-0.4, -0.2) is 38.0 Å². The van der Waals surface area contributed by atoms with Crippen molar-refractivity contribution in [2.24, 2.45) is 5.73 Å². The highest BCUT2D eigenvalue weighted by atomic mass is 19.4. The minimum absolute atomic E-state index is 0.0210. The predicted octanol–water partition coefficient (Wildman–Crippen LogP) is 0.645. The summed E-state index contributed by atoms with van der Waals surface area (Å²) in [5.74, 6) is 0. The molecule has 1 saturated heterocycles. The van der Waals surface area contributed by atoms with Gasteiger partial charge in [0.1, 0.15) is 0 Å². The highest BCUT2D eigenvalue weighted by molar-refractivity contribution is 4.76. The van der Waals surface area contributed by atoms with Gasteiger partial charge in [0, 0.05) is 13.1 Å². The molecule has 0 aliphatic carbocycles. The van der Waals surface area contributed by atoms with Gasteiger partial charge in [0.2, 0.25) is 0 Å². The Hall–Kier alpha value is -0.330. The Labute approximate surface area is 80.8 Å². The second kappa shape index (κ2) is 4.95. The molecule has 0 aromatic rings. The number of hydrogen-bond acceptors (Lipinski definition) is 3. The lowest BCUT2D eigenvalue weighted by Gasteiger charge is -2.14. The van der Waals surface area contributed by atoms with Gasteiger partial charge in [-0.15, -0.1) is 0 Å². The summed E-state index contributed by atoms with van der Waals surface area (Å²) < 4.78 is 40.6. The van der Waals surface area contributed by atoms with E-state index in [1.165, 1.54) is 0 Å². The molecule has 0 radical (unpaired) electrons. The molecule has 14 heavy (non-hydrogen) atoms. The summed E-state index contributed by atoms with van der Waals surface area (Å²) in [6, 6.07) is 0. The molecule has 1 aliphatic heterocycles. The van der Waals surface area contributed by atoms with Crippen LogP contribution in [0.25, 0.3) is 0 Å². The zero-order valence-corrected chi connectivity index (χ0v) is 7.81. The summed E-state index contributed by atoms with van der Waals surface area (Å²) >= 11 is 0. The van der Waals surface area contributed by atoms with Crippen molar-refractivity contribution in [2.45, 2.75) is 31.2 Å². The maximum Gasteiger partial charge on any atom is 0.401 e. The Balaban J connectivity index is 2.09. The lowest BCUT2D eigenvalue weighted by Crippen LogP contribution is -2.35. The normalized spacial score (nSPS) is 28.3. The van der Waals surface area contributed by atoms with E-state index in [2.05, 4.69) is 5.32 Å². The van der Waals surface area contributed by atoms with Crippen LogP contribution in [0, 0.1) is 0 Å². The average molecular weight is 212 g/mol. The van der Waals surface area contributed by atoms with Gasteiger partial charge in [-0.1, -0.05) is 0 Å². The number of rotatable bonds is 4. The number of hydrogen-bond donors (Lipinski definition) is 2. The van der Waals surface area contributed by atoms with Gasteiger partial charge in [-0.2, -0.15) is 13.2 Å². The fraction of sp³-hybridized carbons (Fsp3) is 1.00. The van der Waals surface area contributed by atoms with Crippen molar-refractivity contribution in [1.82, 2.24) is 5.32 Å². The summed E-state index contributed by atoms with van der Waals surface area (Å²) in [6.45, 7) is -0.272. The molecule has 2 unspecified atom stereocenters. The number of ether oxygens (including phenoxy) is 1. The van der Waals surface area contributed by atoms with Gasteiger partial charge < -0.3 is 15.8 Å². The second-order valence-corrected chi connectivity index (χ2v) is 3.44. The van der Waals surface area contributed by atoms with Crippen LogP contribution in [0.2, 0.25) is 0 Å². The Morgan fingerprint density at radius 1 is 1.29 bits per heavy atom. The molecule has 0 amide bonds. The first kappa shape index (κ1) is 11.7. The highest BCUT2D eigenvalue weighted by Crippen LogP contribution is 2.18. The van der Waals surface area contributed by atoms with Crippen LogP contribution < -0.4 is 11.1 Å². The SMILES string of the molecule is NCC1CCC(CNCC(F)(F)F)O1. The average Bonchev–Trinajstić information content (AvgIpc) is 2.50. The van der Waals surface area contributed by atoms with Gasteiger partial charge in [-0.3, -0.25) is 0 Å². The summed E-state index contributed by atoms with van der Waals surface area (Å²) in [7, 11) is 0. The second-order valence-electron chi connectivity index (χ2n) is 3.44. The van der Waals surface area contributed by atoms with E-state index in [4.69, 9.17) is 10.5 Å². The first-order valence-electron chi connectivity index (χ1n) is 4.64. The molecule has 0 aromatic carbocycles. The fourth-order valence-corrected chi connectivity index (χ4v) is 1.48. The lowest BCUT2D eigenvalue weighted by atomic mass is 10.2. The standard InChI is InChI=1S/C8H15F3N2O/c9-8(10,11)5-13-4-7-2-1-6(3-12)14-7/h6-7,13H,1-5,12H2. The molecule has 3 N–H and O–H groups in total. The van der Waals surface area contributed by atoms with E-state index in [9.17, 15) is 13.2 Å². The van der Waals surface area contributed by atoms with Gasteiger partial charge in [-0.05, 0) is 12.8 Å². The van der Waals surface area contributed by atoms with Crippen molar-refractivity contribution in [2.75, 3.05) is 19.6 Å². The number of alkyl halides is 3. The fourth-order valence-electron chi connectivity index (χ4n) is 1.48. The minimum Gasteiger partial charge on any atom is -0.372 e. The largest absolute Gasteiger partial charge is 0.401 e. The van der Waals surface area contributed by atoms with Crippen LogP contribution in [0.3, 0.4) is 0 Å². The van der Waals surface area contributed by atoms with Crippen LogP contribution in [0.1, 0.15) is 12.8 Å². The van der Waals surface area contributed by atoms with E-state index in [0.717, 1.165) is 12.8 Å². The molecule has 1 rings (SSSR count). The Bertz CT molecular complexity index is 174. The van der Waals surface area contributed by atoms with Crippen molar-refractivity contribution in [3.05, 3.63) is 0 Å². The van der Waals surface area contributed by atoms with Crippen molar-refractivity contribution >= 4 is 0 Å². The van der Waals surface area contributed by atoms with Crippen LogP contribution in [-0.2, 0) is 4.74 Å². The van der Waals surface area contributed by atoms with Gasteiger partial charge in [-0.25, -0.2) is 0 Å². The van der Waals surface area contributed by atoms with Crippen LogP contribution in [0.15, 0.2) is 0 Å². The highest BCUT2D eigenvalue weighted by Gasteiger charge is 2.28. The Morgan fingerprint density at radius 3 is 2.43 bits per heavy atom. The molecule has 0 saturated carbocycles. The Morgan fingerprint density at radius 2 is 1.93 bits per heavy atom. The van der Waals surface area contributed by atoms with Crippen LogP contribution >= 0.6 is 0 Å². The van der Waals surface area contributed by atoms with Gasteiger partial charge in [0.15, 0.2) is 0 Å². The van der Waals surface area contributed by atoms with Crippen molar-refractivity contribution in [3.63, 3.8) is 0 Å². The molecule has 3 nitrogen and oxygen atoms in total. The smallest absolute Gasteiger partial charge is 0.372 e. The molecular formula is C8H15F3N2O. The first-order chi connectivity index (χ1) is 6.51. The van der Waals surface area contributed by atoms with Crippen molar-refractivity contribution in [1.29, 1.82) is 0 Å².